The summed E-state index contributed by atoms with van der Waals surface area (Å²) in [6.45, 7) is 4.13. The zero-order chi connectivity index (χ0) is 20.3. The fourth-order valence-corrected chi connectivity index (χ4v) is 5.19. The van der Waals surface area contributed by atoms with Crippen LogP contribution >= 0.6 is 11.6 Å². The van der Waals surface area contributed by atoms with E-state index in [0.29, 0.717) is 23.7 Å². The fourth-order valence-electron chi connectivity index (χ4n) is 3.33. The van der Waals surface area contributed by atoms with Crippen molar-refractivity contribution < 1.29 is 17.9 Å². The van der Waals surface area contributed by atoms with E-state index in [1.165, 1.54) is 0 Å². The van der Waals surface area contributed by atoms with Gasteiger partial charge in [-0.15, -0.1) is 0 Å². The molecule has 0 bridgehead atoms. The number of rotatable bonds is 6. The van der Waals surface area contributed by atoms with Gasteiger partial charge in [0.05, 0.1) is 11.5 Å². The molecule has 0 spiro atoms. The molecule has 1 amide bonds. The number of amides is 1. The van der Waals surface area contributed by atoms with Crippen LogP contribution in [0.25, 0.3) is 0 Å². The Hall–Kier alpha value is -2.05. The lowest BCUT2D eigenvalue weighted by molar-refractivity contribution is -0.136. The van der Waals surface area contributed by atoms with Crippen molar-refractivity contribution in [3.63, 3.8) is 0 Å². The number of ether oxygens (including phenoxy) is 1. The van der Waals surface area contributed by atoms with Crippen molar-refractivity contribution in [2.24, 2.45) is 0 Å². The van der Waals surface area contributed by atoms with E-state index in [4.69, 9.17) is 16.3 Å². The summed E-state index contributed by atoms with van der Waals surface area (Å²) in [6, 6.07) is 12.6. The van der Waals surface area contributed by atoms with E-state index < -0.39 is 9.84 Å². The summed E-state index contributed by atoms with van der Waals surface area (Å²) in [5.41, 5.74) is 2.97. The lowest BCUT2D eigenvalue weighted by Gasteiger charge is -2.28. The van der Waals surface area contributed by atoms with Crippen LogP contribution in [0, 0.1) is 13.8 Å². The number of nitrogens with zero attached hydrogens (tertiary/aromatic N) is 1. The number of benzene rings is 2. The SMILES string of the molecule is Cc1cccc(OCC(=O)N(Cc2ccc(Cl)cc2)[C@@H]2CCS(=O)(=O)C2)c1C. The molecule has 150 valence electrons. The van der Waals surface area contributed by atoms with E-state index in [2.05, 4.69) is 0 Å². The standard InChI is InChI=1S/C21H24ClNO4S/c1-15-4-3-5-20(16(15)2)27-13-21(24)23(19-10-11-28(25,26)14-19)12-17-6-8-18(22)9-7-17/h3-9,19H,10-14H2,1-2H3/t19-/m1/s1. The zero-order valence-corrected chi connectivity index (χ0v) is 17.6. The Morgan fingerprint density at radius 3 is 2.54 bits per heavy atom. The Bertz CT molecular complexity index is 957. The first kappa shape index (κ1) is 20.7. The monoisotopic (exact) mass is 421 g/mol. The first-order valence-electron chi connectivity index (χ1n) is 9.18. The number of aryl methyl sites for hydroxylation is 1. The molecule has 0 N–H and O–H groups in total. The van der Waals surface area contributed by atoms with Gasteiger partial charge in [-0.1, -0.05) is 35.9 Å². The summed E-state index contributed by atoms with van der Waals surface area (Å²) in [4.78, 5) is 14.6. The van der Waals surface area contributed by atoms with E-state index >= 15 is 0 Å². The number of sulfone groups is 1. The largest absolute Gasteiger partial charge is 0.483 e. The highest BCUT2D eigenvalue weighted by Crippen LogP contribution is 2.23. The first-order valence-corrected chi connectivity index (χ1v) is 11.4. The van der Waals surface area contributed by atoms with Gasteiger partial charge in [0.2, 0.25) is 0 Å². The second kappa shape index (κ2) is 8.53. The summed E-state index contributed by atoms with van der Waals surface area (Å²) in [6.07, 6.45) is 0.450. The maximum Gasteiger partial charge on any atom is 0.261 e. The van der Waals surface area contributed by atoms with E-state index in [1.54, 1.807) is 17.0 Å². The molecule has 1 heterocycles. The van der Waals surface area contributed by atoms with Crippen LogP contribution in [0.5, 0.6) is 5.75 Å². The van der Waals surface area contributed by atoms with Gasteiger partial charge in [-0.2, -0.15) is 0 Å². The van der Waals surface area contributed by atoms with Crippen LogP contribution in [0.4, 0.5) is 0 Å². The molecule has 0 radical (unpaired) electrons. The summed E-state index contributed by atoms with van der Waals surface area (Å²) in [7, 11) is -3.11. The van der Waals surface area contributed by atoms with Crippen molar-refractivity contribution in [3.05, 3.63) is 64.2 Å². The predicted octanol–water partition coefficient (Wildman–Crippen LogP) is 3.55. The molecule has 1 fully saturated rings. The fraction of sp³-hybridized carbons (Fsp3) is 0.381. The van der Waals surface area contributed by atoms with Gasteiger partial charge < -0.3 is 9.64 Å². The summed E-state index contributed by atoms with van der Waals surface area (Å²) >= 11 is 5.94. The summed E-state index contributed by atoms with van der Waals surface area (Å²) in [5.74, 6) is 0.548. The van der Waals surface area contributed by atoms with Gasteiger partial charge in [0, 0.05) is 17.6 Å². The molecule has 0 unspecified atom stereocenters. The Morgan fingerprint density at radius 1 is 1.18 bits per heavy atom. The minimum absolute atomic E-state index is 0.00416. The van der Waals surface area contributed by atoms with Gasteiger partial charge in [-0.3, -0.25) is 4.79 Å². The third kappa shape index (κ3) is 5.06. The van der Waals surface area contributed by atoms with Crippen molar-refractivity contribution in [1.29, 1.82) is 0 Å². The average Bonchev–Trinajstić information content (AvgIpc) is 3.01. The van der Waals surface area contributed by atoms with Crippen LogP contribution < -0.4 is 4.74 Å². The second-order valence-corrected chi connectivity index (χ2v) is 9.86. The van der Waals surface area contributed by atoms with Gasteiger partial charge in [-0.25, -0.2) is 8.42 Å². The van der Waals surface area contributed by atoms with Crippen molar-refractivity contribution in [2.75, 3.05) is 18.1 Å². The quantitative estimate of drug-likeness (QED) is 0.715. The van der Waals surface area contributed by atoms with E-state index in [9.17, 15) is 13.2 Å². The van der Waals surface area contributed by atoms with Gasteiger partial charge in [0.25, 0.3) is 5.91 Å². The molecule has 3 rings (SSSR count). The Balaban J connectivity index is 1.76. The first-order chi connectivity index (χ1) is 13.2. The molecule has 5 nitrogen and oxygen atoms in total. The molecule has 1 aliphatic heterocycles. The molecule has 0 saturated carbocycles. The maximum atomic E-state index is 13.0. The average molecular weight is 422 g/mol. The molecule has 2 aromatic carbocycles. The minimum atomic E-state index is -3.11. The molecule has 1 saturated heterocycles. The molecule has 2 aromatic rings. The molecule has 0 aliphatic carbocycles. The van der Waals surface area contributed by atoms with Crippen molar-refractivity contribution in [2.45, 2.75) is 32.9 Å². The number of hydrogen-bond acceptors (Lipinski definition) is 4. The highest BCUT2D eigenvalue weighted by Gasteiger charge is 2.34. The second-order valence-electron chi connectivity index (χ2n) is 7.19. The van der Waals surface area contributed by atoms with Crippen LogP contribution in [0.15, 0.2) is 42.5 Å². The van der Waals surface area contributed by atoms with E-state index in [0.717, 1.165) is 16.7 Å². The number of hydrogen-bond donors (Lipinski definition) is 0. The van der Waals surface area contributed by atoms with E-state index in [1.807, 2.05) is 44.2 Å². The molecular formula is C21H24ClNO4S. The topological polar surface area (TPSA) is 63.7 Å². The molecule has 7 heteroatoms. The van der Waals surface area contributed by atoms with Crippen molar-refractivity contribution in [1.82, 2.24) is 4.90 Å². The van der Waals surface area contributed by atoms with Crippen LogP contribution in [0.3, 0.4) is 0 Å². The number of carbonyl (C=O) groups is 1. The van der Waals surface area contributed by atoms with Gasteiger partial charge >= 0.3 is 0 Å². The van der Waals surface area contributed by atoms with Crippen molar-refractivity contribution >= 4 is 27.3 Å². The molecule has 1 aliphatic rings. The third-order valence-electron chi connectivity index (χ3n) is 5.14. The van der Waals surface area contributed by atoms with E-state index in [-0.39, 0.29) is 30.1 Å². The normalized spacial score (nSPS) is 18.0. The zero-order valence-electron chi connectivity index (χ0n) is 16.0. The maximum absolute atomic E-state index is 13.0. The minimum Gasteiger partial charge on any atom is -0.483 e. The highest BCUT2D eigenvalue weighted by molar-refractivity contribution is 7.91. The van der Waals surface area contributed by atoms with Gasteiger partial charge in [0.1, 0.15) is 5.75 Å². The Kier molecular flexibility index (Phi) is 6.30. The van der Waals surface area contributed by atoms with Crippen molar-refractivity contribution in [3.8, 4) is 5.75 Å². The summed E-state index contributed by atoms with van der Waals surface area (Å²) < 4.78 is 29.6. The predicted molar refractivity (Wildman–Crippen MR) is 110 cm³/mol. The lowest BCUT2D eigenvalue weighted by Crippen LogP contribution is -2.43. The molecular weight excluding hydrogens is 398 g/mol. The highest BCUT2D eigenvalue weighted by atomic mass is 35.5. The Morgan fingerprint density at radius 2 is 1.89 bits per heavy atom. The lowest BCUT2D eigenvalue weighted by atomic mass is 10.1. The Labute approximate surface area is 171 Å². The number of halogens is 1. The van der Waals surface area contributed by atoms with Crippen LogP contribution in [0.2, 0.25) is 5.02 Å². The molecule has 1 atom stereocenters. The van der Waals surface area contributed by atoms with Crippen LogP contribution in [-0.2, 0) is 21.2 Å². The van der Waals surface area contributed by atoms with Crippen LogP contribution in [-0.4, -0.2) is 43.4 Å². The van der Waals surface area contributed by atoms with Crippen LogP contribution in [0.1, 0.15) is 23.1 Å². The molecule has 0 aromatic heterocycles. The number of carbonyl (C=O) groups excluding carboxylic acids is 1. The molecule has 28 heavy (non-hydrogen) atoms. The van der Waals surface area contributed by atoms with Gasteiger partial charge in [-0.05, 0) is 55.2 Å². The summed E-state index contributed by atoms with van der Waals surface area (Å²) in [5, 5.41) is 0.614. The van der Waals surface area contributed by atoms with Gasteiger partial charge in [0.15, 0.2) is 16.4 Å². The smallest absolute Gasteiger partial charge is 0.261 e. The third-order valence-corrected chi connectivity index (χ3v) is 7.14.